The molecule has 0 amide bonds. The molecule has 0 saturated heterocycles. The van der Waals surface area contributed by atoms with Gasteiger partial charge < -0.3 is 9.97 Å². The van der Waals surface area contributed by atoms with E-state index >= 15 is 0 Å². The summed E-state index contributed by atoms with van der Waals surface area (Å²) in [4.78, 5) is 15.7. The van der Waals surface area contributed by atoms with E-state index in [4.69, 9.17) is 12.2 Å². The molecule has 21 heavy (non-hydrogen) atoms. The molecule has 0 saturated carbocycles. The number of benzene rings is 1. The van der Waals surface area contributed by atoms with E-state index < -0.39 is 0 Å². The molecule has 3 aromatic rings. The number of fused-ring (bicyclic) bond motifs is 1. The molecule has 108 valence electrons. The van der Waals surface area contributed by atoms with Crippen LogP contribution >= 0.6 is 12.2 Å². The number of hydrogen-bond acceptors (Lipinski definition) is 3. The van der Waals surface area contributed by atoms with Gasteiger partial charge in [-0.2, -0.15) is 0 Å². The van der Waals surface area contributed by atoms with E-state index in [0.717, 1.165) is 34.8 Å². The van der Waals surface area contributed by atoms with Crippen LogP contribution in [0.4, 0.5) is 0 Å². The maximum Gasteiger partial charge on any atom is 0.130 e. The summed E-state index contributed by atoms with van der Waals surface area (Å²) in [5.41, 5.74) is 3.16. The van der Waals surface area contributed by atoms with Crippen molar-refractivity contribution in [3.05, 3.63) is 52.3 Å². The van der Waals surface area contributed by atoms with Crippen molar-refractivity contribution in [1.82, 2.24) is 19.9 Å². The highest BCUT2D eigenvalue weighted by Crippen LogP contribution is 2.13. The first kappa shape index (κ1) is 13.9. The predicted molar refractivity (Wildman–Crippen MR) is 86.9 cm³/mol. The topological polar surface area (TPSA) is 57.4 Å². The maximum atomic E-state index is 5.26. The Morgan fingerprint density at radius 1 is 1.10 bits per heavy atom. The third kappa shape index (κ3) is 3.36. The van der Waals surface area contributed by atoms with E-state index in [9.17, 15) is 0 Å². The molecule has 0 aliphatic rings. The maximum absolute atomic E-state index is 5.26. The summed E-state index contributed by atoms with van der Waals surface area (Å²) in [6.45, 7) is 4.38. The zero-order chi connectivity index (χ0) is 14.8. The highest BCUT2D eigenvalue weighted by molar-refractivity contribution is 7.71. The van der Waals surface area contributed by atoms with Crippen molar-refractivity contribution in [2.75, 3.05) is 0 Å². The largest absolute Gasteiger partial charge is 0.347 e. The third-order valence-electron chi connectivity index (χ3n) is 3.25. The first-order valence-corrected chi connectivity index (χ1v) is 7.54. The minimum Gasteiger partial charge on any atom is -0.347 e. The molecule has 5 heteroatoms. The predicted octanol–water partition coefficient (Wildman–Crippen LogP) is 3.80. The normalized spacial score (nSPS) is 11.4. The summed E-state index contributed by atoms with van der Waals surface area (Å²) in [7, 11) is 0. The van der Waals surface area contributed by atoms with E-state index in [1.807, 2.05) is 30.3 Å². The number of para-hydroxylation sites is 2. The lowest BCUT2D eigenvalue weighted by Crippen LogP contribution is -2.04. The molecule has 2 N–H and O–H groups in total. The molecule has 0 bridgehead atoms. The molecule has 2 aromatic heterocycles. The number of H-pyrrole nitrogens is 2. The molecule has 0 aliphatic heterocycles. The van der Waals surface area contributed by atoms with Crippen LogP contribution in [-0.4, -0.2) is 19.9 Å². The van der Waals surface area contributed by atoms with Crippen LogP contribution < -0.4 is 0 Å². The Morgan fingerprint density at radius 3 is 2.62 bits per heavy atom. The fourth-order valence-corrected chi connectivity index (χ4v) is 2.70. The average molecular weight is 298 g/mol. The lowest BCUT2D eigenvalue weighted by molar-refractivity contribution is 0.630. The minimum atomic E-state index is 0.581. The van der Waals surface area contributed by atoms with Gasteiger partial charge in [0, 0.05) is 5.69 Å². The van der Waals surface area contributed by atoms with Gasteiger partial charge in [0.25, 0.3) is 0 Å². The molecule has 0 fully saturated rings. The number of aromatic amines is 2. The smallest absolute Gasteiger partial charge is 0.130 e. The van der Waals surface area contributed by atoms with Crippen molar-refractivity contribution < 1.29 is 0 Å². The SMILES string of the molecule is CC(C)Cc1cc(=S)nc(Cc2nc3ccccc3[nH]2)[nH]1. The zero-order valence-corrected chi connectivity index (χ0v) is 13.0. The highest BCUT2D eigenvalue weighted by atomic mass is 32.1. The Labute approximate surface area is 128 Å². The standard InChI is InChI=1S/C16H18N4S/c1-10(2)7-11-8-16(21)20-14(17-11)9-15-18-12-5-3-4-6-13(12)19-15/h3-6,8,10H,7,9H2,1-2H3,(H,18,19)(H,17,20,21). The number of rotatable bonds is 4. The summed E-state index contributed by atoms with van der Waals surface area (Å²) in [5.74, 6) is 2.34. The first-order chi connectivity index (χ1) is 10.1. The fourth-order valence-electron chi connectivity index (χ4n) is 2.45. The minimum absolute atomic E-state index is 0.581. The summed E-state index contributed by atoms with van der Waals surface area (Å²) < 4.78 is 0.635. The summed E-state index contributed by atoms with van der Waals surface area (Å²) in [6, 6.07) is 9.95. The summed E-state index contributed by atoms with van der Waals surface area (Å²) in [5, 5.41) is 0. The van der Waals surface area contributed by atoms with Gasteiger partial charge in [-0.25, -0.2) is 9.97 Å². The van der Waals surface area contributed by atoms with Crippen molar-refractivity contribution in [3.63, 3.8) is 0 Å². The molecular weight excluding hydrogens is 280 g/mol. The van der Waals surface area contributed by atoms with E-state index in [-0.39, 0.29) is 0 Å². The van der Waals surface area contributed by atoms with Crippen molar-refractivity contribution in [1.29, 1.82) is 0 Å². The average Bonchev–Trinajstić information content (AvgIpc) is 2.78. The lowest BCUT2D eigenvalue weighted by atomic mass is 10.1. The quantitative estimate of drug-likeness (QED) is 0.720. The Bertz CT molecular complexity index is 783. The van der Waals surface area contributed by atoms with Gasteiger partial charge in [-0.3, -0.25) is 0 Å². The van der Waals surface area contributed by atoms with Gasteiger partial charge in [0.2, 0.25) is 0 Å². The number of imidazole rings is 1. The second-order valence-electron chi connectivity index (χ2n) is 5.67. The van der Waals surface area contributed by atoms with Crippen molar-refractivity contribution in [2.24, 2.45) is 5.92 Å². The fraction of sp³-hybridized carbons (Fsp3) is 0.312. The van der Waals surface area contributed by atoms with Gasteiger partial charge in [0.15, 0.2) is 0 Å². The highest BCUT2D eigenvalue weighted by Gasteiger charge is 2.07. The molecule has 3 rings (SSSR count). The molecule has 0 atom stereocenters. The molecule has 0 radical (unpaired) electrons. The Balaban J connectivity index is 1.90. The summed E-state index contributed by atoms with van der Waals surface area (Å²) in [6.07, 6.45) is 1.60. The van der Waals surface area contributed by atoms with Crippen LogP contribution in [-0.2, 0) is 12.8 Å². The van der Waals surface area contributed by atoms with Crippen molar-refractivity contribution >= 4 is 23.3 Å². The number of nitrogens with one attached hydrogen (secondary N) is 2. The zero-order valence-electron chi connectivity index (χ0n) is 12.2. The number of aromatic nitrogens is 4. The number of hydrogen-bond donors (Lipinski definition) is 2. The third-order valence-corrected chi connectivity index (χ3v) is 3.46. The van der Waals surface area contributed by atoms with Crippen LogP contribution in [0.15, 0.2) is 30.3 Å². The van der Waals surface area contributed by atoms with Crippen LogP contribution in [0.3, 0.4) is 0 Å². The van der Waals surface area contributed by atoms with Gasteiger partial charge in [-0.1, -0.05) is 38.2 Å². The van der Waals surface area contributed by atoms with Crippen LogP contribution in [0, 0.1) is 10.6 Å². The van der Waals surface area contributed by atoms with E-state index in [0.29, 0.717) is 17.0 Å². The lowest BCUT2D eigenvalue weighted by Gasteiger charge is -2.07. The van der Waals surface area contributed by atoms with Crippen LogP contribution in [0.5, 0.6) is 0 Å². The van der Waals surface area contributed by atoms with E-state index in [1.54, 1.807) is 0 Å². The van der Waals surface area contributed by atoms with Gasteiger partial charge in [0.05, 0.1) is 17.5 Å². The molecule has 2 heterocycles. The second-order valence-corrected chi connectivity index (χ2v) is 6.08. The van der Waals surface area contributed by atoms with Crippen LogP contribution in [0.2, 0.25) is 0 Å². The van der Waals surface area contributed by atoms with E-state index in [1.165, 1.54) is 0 Å². The van der Waals surface area contributed by atoms with Crippen LogP contribution in [0.25, 0.3) is 11.0 Å². The molecule has 4 nitrogen and oxygen atoms in total. The Kier molecular flexibility index (Phi) is 3.84. The molecule has 1 aromatic carbocycles. The number of nitrogens with zero attached hydrogens (tertiary/aromatic N) is 2. The van der Waals surface area contributed by atoms with Gasteiger partial charge in [0.1, 0.15) is 16.3 Å². The Morgan fingerprint density at radius 2 is 1.86 bits per heavy atom. The summed E-state index contributed by atoms with van der Waals surface area (Å²) >= 11 is 5.26. The monoisotopic (exact) mass is 298 g/mol. The van der Waals surface area contributed by atoms with E-state index in [2.05, 4.69) is 33.8 Å². The molecule has 0 spiro atoms. The molecule has 0 unspecified atom stereocenters. The first-order valence-electron chi connectivity index (χ1n) is 7.13. The van der Waals surface area contributed by atoms with Crippen molar-refractivity contribution in [2.45, 2.75) is 26.7 Å². The molecule has 0 aliphatic carbocycles. The molecular formula is C16H18N4S. The van der Waals surface area contributed by atoms with Gasteiger partial charge in [-0.05, 0) is 30.5 Å². The van der Waals surface area contributed by atoms with Crippen molar-refractivity contribution in [3.8, 4) is 0 Å². The van der Waals surface area contributed by atoms with Gasteiger partial charge >= 0.3 is 0 Å². The Hall–Kier alpha value is -2.01. The van der Waals surface area contributed by atoms with Gasteiger partial charge in [-0.15, -0.1) is 0 Å². The second kappa shape index (κ2) is 5.77. The van der Waals surface area contributed by atoms with Crippen LogP contribution in [0.1, 0.15) is 31.2 Å².